The van der Waals surface area contributed by atoms with E-state index in [1.54, 1.807) is 0 Å². The summed E-state index contributed by atoms with van der Waals surface area (Å²) in [7, 11) is 0. The van der Waals surface area contributed by atoms with Gasteiger partial charge in [0.15, 0.2) is 0 Å². The quantitative estimate of drug-likeness (QED) is 0.783. The van der Waals surface area contributed by atoms with Gasteiger partial charge >= 0.3 is 5.97 Å². The second-order valence-corrected chi connectivity index (χ2v) is 6.40. The molecular weight excluding hydrogens is 228 g/mol. The van der Waals surface area contributed by atoms with Crippen molar-refractivity contribution < 1.29 is 14.7 Å². The number of carboxylic acids is 1. The summed E-state index contributed by atoms with van der Waals surface area (Å²) in [6.07, 6.45) is 2.81. The first-order chi connectivity index (χ1) is 8.34. The molecule has 1 saturated carbocycles. The molecule has 3 heteroatoms. The van der Waals surface area contributed by atoms with Crippen LogP contribution in [0.15, 0.2) is 11.1 Å². The third-order valence-corrected chi connectivity index (χ3v) is 5.40. The van der Waals surface area contributed by atoms with E-state index in [0.29, 0.717) is 11.8 Å². The van der Waals surface area contributed by atoms with Gasteiger partial charge in [-0.3, -0.25) is 9.59 Å². The maximum Gasteiger partial charge on any atom is 0.308 e. The lowest BCUT2D eigenvalue weighted by atomic mass is 9.59. The summed E-state index contributed by atoms with van der Waals surface area (Å²) in [5.41, 5.74) is 1.46. The average molecular weight is 250 g/mol. The summed E-state index contributed by atoms with van der Waals surface area (Å²) in [5, 5.41) is 9.57. The van der Waals surface area contributed by atoms with Gasteiger partial charge in [0.25, 0.3) is 0 Å². The van der Waals surface area contributed by atoms with Crippen LogP contribution >= 0.6 is 0 Å². The van der Waals surface area contributed by atoms with E-state index in [1.807, 2.05) is 13.8 Å². The van der Waals surface area contributed by atoms with E-state index in [4.69, 9.17) is 0 Å². The first-order valence-electron chi connectivity index (χ1n) is 6.73. The Kier molecular flexibility index (Phi) is 3.12. The summed E-state index contributed by atoms with van der Waals surface area (Å²) in [6, 6.07) is 0. The minimum atomic E-state index is -0.746. The van der Waals surface area contributed by atoms with Crippen LogP contribution in [0.2, 0.25) is 0 Å². The van der Waals surface area contributed by atoms with Crippen LogP contribution in [0, 0.1) is 29.1 Å². The largest absolute Gasteiger partial charge is 0.481 e. The maximum absolute atomic E-state index is 11.7. The van der Waals surface area contributed by atoms with Crippen LogP contribution in [-0.4, -0.2) is 17.4 Å². The lowest BCUT2D eigenvalue weighted by Crippen LogP contribution is -2.43. The van der Waals surface area contributed by atoms with Crippen molar-refractivity contribution in [2.45, 2.75) is 40.5 Å². The van der Waals surface area contributed by atoms with Gasteiger partial charge < -0.3 is 5.11 Å². The third-order valence-electron chi connectivity index (χ3n) is 5.40. The summed E-state index contributed by atoms with van der Waals surface area (Å²) < 4.78 is 0. The summed E-state index contributed by atoms with van der Waals surface area (Å²) in [5.74, 6) is -0.513. The normalized spacial score (nSPS) is 39.3. The highest BCUT2D eigenvalue weighted by molar-refractivity contribution is 5.84. The molecule has 0 aromatic carbocycles. The van der Waals surface area contributed by atoms with Crippen molar-refractivity contribution in [1.29, 1.82) is 0 Å². The highest BCUT2D eigenvalue weighted by atomic mass is 16.4. The Morgan fingerprint density at radius 3 is 2.56 bits per heavy atom. The van der Waals surface area contributed by atoms with Crippen molar-refractivity contribution in [3.63, 3.8) is 0 Å². The number of carbonyl (C=O) groups excluding carboxylic acids is 1. The highest BCUT2D eigenvalue weighted by Gasteiger charge is 2.58. The van der Waals surface area contributed by atoms with Crippen LogP contribution in [0.4, 0.5) is 0 Å². The zero-order chi connectivity index (χ0) is 13.7. The number of allylic oxidation sites excluding steroid dienone is 2. The lowest BCUT2D eigenvalue weighted by Gasteiger charge is -2.43. The molecule has 0 aromatic rings. The molecule has 1 N–H and O–H groups in total. The van der Waals surface area contributed by atoms with Crippen molar-refractivity contribution in [1.82, 2.24) is 0 Å². The van der Waals surface area contributed by atoms with Gasteiger partial charge in [0.05, 0.1) is 5.92 Å². The van der Waals surface area contributed by atoms with E-state index in [0.717, 1.165) is 30.3 Å². The Morgan fingerprint density at radius 1 is 1.50 bits per heavy atom. The van der Waals surface area contributed by atoms with Gasteiger partial charge in [-0.25, -0.2) is 0 Å². The molecule has 0 aromatic heterocycles. The van der Waals surface area contributed by atoms with E-state index in [1.165, 1.54) is 0 Å². The van der Waals surface area contributed by atoms with Gasteiger partial charge in [-0.15, -0.1) is 0 Å². The smallest absolute Gasteiger partial charge is 0.308 e. The van der Waals surface area contributed by atoms with Crippen molar-refractivity contribution in [2.75, 3.05) is 0 Å². The molecule has 2 aliphatic carbocycles. The Balaban J connectivity index is 2.54. The lowest BCUT2D eigenvalue weighted by molar-refractivity contribution is -0.150. The molecule has 0 amide bonds. The van der Waals surface area contributed by atoms with Gasteiger partial charge in [0.1, 0.15) is 6.29 Å². The number of aliphatic carboxylic acids is 1. The number of aldehydes is 1. The Bertz CT molecular complexity index is 421. The molecule has 2 aliphatic rings. The van der Waals surface area contributed by atoms with Gasteiger partial charge in [0, 0.05) is 11.3 Å². The first-order valence-corrected chi connectivity index (χ1v) is 6.73. The number of carbonyl (C=O) groups is 2. The van der Waals surface area contributed by atoms with Crippen molar-refractivity contribution in [3.8, 4) is 0 Å². The van der Waals surface area contributed by atoms with Crippen LogP contribution in [-0.2, 0) is 9.59 Å². The SMILES string of the molecule is CC1=C(C=O)[C@H]2[C@@H](C(C)C)CC[C@]1(C)[C@@H]2C(=O)O. The predicted octanol–water partition coefficient (Wildman–Crippen LogP) is 2.90. The highest BCUT2D eigenvalue weighted by Crippen LogP contribution is 2.60. The molecule has 0 spiro atoms. The van der Waals surface area contributed by atoms with Gasteiger partial charge in [-0.2, -0.15) is 0 Å². The number of rotatable bonds is 3. The second-order valence-electron chi connectivity index (χ2n) is 6.40. The molecule has 0 saturated heterocycles. The van der Waals surface area contributed by atoms with Gasteiger partial charge in [-0.05, 0) is 37.2 Å². The minimum absolute atomic E-state index is 0.0845. The number of hydrogen-bond acceptors (Lipinski definition) is 2. The van der Waals surface area contributed by atoms with Crippen molar-refractivity contribution in [3.05, 3.63) is 11.1 Å². The van der Waals surface area contributed by atoms with Crippen LogP contribution in [0.5, 0.6) is 0 Å². The number of fused-ring (bicyclic) bond motifs is 2. The standard InChI is InChI=1S/C15H22O3/c1-8(2)10-5-6-15(4)9(3)11(7-16)12(10)13(15)14(17)18/h7-8,10,12-13H,5-6H2,1-4H3,(H,17,18)/t10-,12-,13+,15+/m1/s1. The average Bonchev–Trinajstić information content (AvgIpc) is 2.42. The zero-order valence-electron chi connectivity index (χ0n) is 11.6. The summed E-state index contributed by atoms with van der Waals surface area (Å²) in [4.78, 5) is 23.0. The van der Waals surface area contributed by atoms with Crippen LogP contribution < -0.4 is 0 Å². The van der Waals surface area contributed by atoms with E-state index in [-0.39, 0.29) is 11.3 Å². The molecule has 3 nitrogen and oxygen atoms in total. The molecule has 2 rings (SSSR count). The molecule has 0 heterocycles. The fourth-order valence-electron chi connectivity index (χ4n) is 4.20. The second kappa shape index (κ2) is 4.22. The third kappa shape index (κ3) is 1.56. The zero-order valence-corrected chi connectivity index (χ0v) is 11.6. The molecule has 0 radical (unpaired) electrons. The molecule has 4 atom stereocenters. The molecular formula is C15H22O3. The Labute approximate surface area is 108 Å². The molecule has 100 valence electrons. The van der Waals surface area contributed by atoms with Crippen molar-refractivity contribution >= 4 is 12.3 Å². The Morgan fingerprint density at radius 2 is 2.11 bits per heavy atom. The van der Waals surface area contributed by atoms with Crippen LogP contribution in [0.25, 0.3) is 0 Å². The van der Waals surface area contributed by atoms with E-state index in [2.05, 4.69) is 13.8 Å². The minimum Gasteiger partial charge on any atom is -0.481 e. The Hall–Kier alpha value is -1.12. The summed E-state index contributed by atoms with van der Waals surface area (Å²) >= 11 is 0. The molecule has 0 aliphatic heterocycles. The fraction of sp³-hybridized carbons (Fsp3) is 0.733. The number of carboxylic acid groups (broad SMARTS) is 1. The summed E-state index contributed by atoms with van der Waals surface area (Å²) in [6.45, 7) is 8.22. The van der Waals surface area contributed by atoms with E-state index in [9.17, 15) is 14.7 Å². The molecule has 1 fully saturated rings. The van der Waals surface area contributed by atoms with Crippen LogP contribution in [0.1, 0.15) is 40.5 Å². The maximum atomic E-state index is 11.7. The van der Waals surface area contributed by atoms with E-state index >= 15 is 0 Å². The molecule has 0 unspecified atom stereocenters. The molecule has 18 heavy (non-hydrogen) atoms. The van der Waals surface area contributed by atoms with E-state index < -0.39 is 11.9 Å². The van der Waals surface area contributed by atoms with Crippen LogP contribution in [0.3, 0.4) is 0 Å². The predicted molar refractivity (Wildman–Crippen MR) is 69.0 cm³/mol. The monoisotopic (exact) mass is 250 g/mol. The van der Waals surface area contributed by atoms with Gasteiger partial charge in [-0.1, -0.05) is 26.3 Å². The van der Waals surface area contributed by atoms with Gasteiger partial charge in [0.2, 0.25) is 0 Å². The first kappa shape index (κ1) is 13.3. The number of hydrogen-bond donors (Lipinski definition) is 1. The van der Waals surface area contributed by atoms with Crippen molar-refractivity contribution in [2.24, 2.45) is 29.1 Å². The fourth-order valence-corrected chi connectivity index (χ4v) is 4.20. The molecule has 2 bridgehead atoms. The topological polar surface area (TPSA) is 54.4 Å².